The number of rotatable bonds is 5. The molecule has 2 aromatic rings. The maximum atomic E-state index is 13.7. The van der Waals surface area contributed by atoms with Gasteiger partial charge < -0.3 is 20.8 Å². The monoisotopic (exact) mass is 336 g/mol. The second-order valence-electron chi connectivity index (χ2n) is 5.60. The quantitative estimate of drug-likeness (QED) is 0.677. The van der Waals surface area contributed by atoms with Crippen molar-refractivity contribution < 1.29 is 23.8 Å². The van der Waals surface area contributed by atoms with E-state index < -0.39 is 23.3 Å². The first-order valence-electron chi connectivity index (χ1n) is 7.25. The maximum Gasteiger partial charge on any atom is 0.315 e. The molecule has 1 unspecified atom stereocenters. The number of halogens is 2. The van der Waals surface area contributed by atoms with Crippen LogP contribution in [0.1, 0.15) is 18.1 Å². The number of carbonyl (C=O) groups is 1. The minimum atomic E-state index is -1.69. The van der Waals surface area contributed by atoms with Crippen molar-refractivity contribution in [3.8, 4) is 5.75 Å². The van der Waals surface area contributed by atoms with Crippen molar-refractivity contribution in [1.29, 1.82) is 0 Å². The predicted octanol–water partition coefficient (Wildman–Crippen LogP) is 2.38. The van der Waals surface area contributed by atoms with E-state index in [-0.39, 0.29) is 24.4 Å². The number of aromatic hydroxyl groups is 1. The third-order valence-electron chi connectivity index (χ3n) is 3.49. The number of hydrogen-bond donors (Lipinski definition) is 4. The molecule has 2 aromatic carbocycles. The van der Waals surface area contributed by atoms with Crippen LogP contribution in [-0.2, 0) is 12.1 Å². The average Bonchev–Trinajstić information content (AvgIpc) is 2.52. The van der Waals surface area contributed by atoms with E-state index in [0.717, 1.165) is 17.7 Å². The van der Waals surface area contributed by atoms with Gasteiger partial charge >= 0.3 is 6.03 Å². The van der Waals surface area contributed by atoms with Crippen LogP contribution >= 0.6 is 0 Å². The molecule has 2 rings (SSSR count). The summed E-state index contributed by atoms with van der Waals surface area (Å²) in [5, 5.41) is 24.5. The van der Waals surface area contributed by atoms with Crippen LogP contribution in [-0.4, -0.2) is 22.8 Å². The molecule has 0 heterocycles. The highest BCUT2D eigenvalue weighted by Gasteiger charge is 2.27. The fourth-order valence-corrected chi connectivity index (χ4v) is 2.13. The predicted molar refractivity (Wildman–Crippen MR) is 84.3 cm³/mol. The number of carbonyl (C=O) groups excluding carboxylic acids is 1. The first-order valence-corrected chi connectivity index (χ1v) is 7.25. The molecule has 1 atom stereocenters. The van der Waals surface area contributed by atoms with Gasteiger partial charge in [-0.2, -0.15) is 0 Å². The molecule has 0 spiro atoms. The summed E-state index contributed by atoms with van der Waals surface area (Å²) in [5.41, 5.74) is -1.02. The molecule has 0 aliphatic rings. The number of nitrogens with one attached hydrogen (secondary N) is 2. The van der Waals surface area contributed by atoms with Gasteiger partial charge in [-0.25, -0.2) is 13.6 Å². The van der Waals surface area contributed by atoms with Gasteiger partial charge in [0.15, 0.2) is 0 Å². The molecule has 5 nitrogen and oxygen atoms in total. The standard InChI is InChI=1S/C17H18F2N2O3/c1-17(24,14-7-4-12(18)8-15(14)19)10-21-16(23)20-9-11-2-5-13(22)6-3-11/h2-8,22,24H,9-10H2,1H3,(H2,20,21,23). The smallest absolute Gasteiger partial charge is 0.315 e. The summed E-state index contributed by atoms with van der Waals surface area (Å²) in [6.45, 7) is 1.29. The average molecular weight is 336 g/mol. The van der Waals surface area contributed by atoms with E-state index in [1.54, 1.807) is 12.1 Å². The van der Waals surface area contributed by atoms with Crippen molar-refractivity contribution in [3.05, 3.63) is 65.2 Å². The molecular formula is C17H18F2N2O3. The van der Waals surface area contributed by atoms with Gasteiger partial charge in [0.25, 0.3) is 0 Å². The molecule has 0 radical (unpaired) electrons. The van der Waals surface area contributed by atoms with Crippen molar-refractivity contribution in [1.82, 2.24) is 10.6 Å². The molecule has 4 N–H and O–H groups in total. The van der Waals surface area contributed by atoms with Crippen LogP contribution in [0, 0.1) is 11.6 Å². The number of hydrogen-bond acceptors (Lipinski definition) is 3. The number of phenols is 1. The Kier molecular flexibility index (Phi) is 5.35. The summed E-state index contributed by atoms with van der Waals surface area (Å²) in [7, 11) is 0. The van der Waals surface area contributed by atoms with Gasteiger partial charge in [0.2, 0.25) is 0 Å². The van der Waals surface area contributed by atoms with E-state index in [1.165, 1.54) is 19.1 Å². The van der Waals surface area contributed by atoms with E-state index in [9.17, 15) is 23.8 Å². The highest BCUT2D eigenvalue weighted by molar-refractivity contribution is 5.73. The Morgan fingerprint density at radius 3 is 2.42 bits per heavy atom. The lowest BCUT2D eigenvalue weighted by molar-refractivity contribution is 0.0555. The van der Waals surface area contributed by atoms with Crippen molar-refractivity contribution in [2.45, 2.75) is 19.1 Å². The Labute approximate surface area is 137 Å². The third-order valence-corrected chi connectivity index (χ3v) is 3.49. The summed E-state index contributed by atoms with van der Waals surface area (Å²) in [6.07, 6.45) is 0. The van der Waals surface area contributed by atoms with Crippen molar-refractivity contribution in [2.75, 3.05) is 6.54 Å². The summed E-state index contributed by atoms with van der Waals surface area (Å²) in [5.74, 6) is -1.50. The molecule has 24 heavy (non-hydrogen) atoms. The topological polar surface area (TPSA) is 81.6 Å². The molecular weight excluding hydrogens is 318 g/mol. The minimum absolute atomic E-state index is 0.109. The highest BCUT2D eigenvalue weighted by atomic mass is 19.1. The first kappa shape index (κ1) is 17.7. The molecule has 0 bridgehead atoms. The van der Waals surface area contributed by atoms with E-state index in [0.29, 0.717) is 6.07 Å². The van der Waals surface area contributed by atoms with Gasteiger partial charge in [0.1, 0.15) is 23.0 Å². The van der Waals surface area contributed by atoms with Crippen LogP contribution in [0.3, 0.4) is 0 Å². The van der Waals surface area contributed by atoms with E-state index >= 15 is 0 Å². The van der Waals surface area contributed by atoms with Crippen LogP contribution in [0.25, 0.3) is 0 Å². The number of phenolic OH excluding ortho intramolecular Hbond substituents is 1. The van der Waals surface area contributed by atoms with Crippen LogP contribution in [0.2, 0.25) is 0 Å². The van der Waals surface area contributed by atoms with Gasteiger partial charge in [-0.1, -0.05) is 18.2 Å². The molecule has 0 aliphatic carbocycles. The lowest BCUT2D eigenvalue weighted by Crippen LogP contribution is -2.43. The molecule has 0 saturated carbocycles. The number of aliphatic hydroxyl groups is 1. The Hall–Kier alpha value is -2.67. The lowest BCUT2D eigenvalue weighted by atomic mass is 9.95. The summed E-state index contributed by atoms with van der Waals surface area (Å²) in [6, 6.07) is 8.60. The molecule has 0 aromatic heterocycles. The first-order chi connectivity index (χ1) is 11.3. The minimum Gasteiger partial charge on any atom is -0.508 e. The Morgan fingerprint density at radius 1 is 1.12 bits per heavy atom. The largest absolute Gasteiger partial charge is 0.508 e. The summed E-state index contributed by atoms with van der Waals surface area (Å²) in [4.78, 5) is 11.8. The zero-order chi connectivity index (χ0) is 17.7. The Balaban J connectivity index is 1.89. The number of urea groups is 1. The fraction of sp³-hybridized carbons (Fsp3) is 0.235. The lowest BCUT2D eigenvalue weighted by Gasteiger charge is -2.24. The zero-order valence-corrected chi connectivity index (χ0v) is 13.0. The van der Waals surface area contributed by atoms with Crippen molar-refractivity contribution >= 4 is 6.03 Å². The van der Waals surface area contributed by atoms with Crippen LogP contribution in [0.15, 0.2) is 42.5 Å². The van der Waals surface area contributed by atoms with Gasteiger partial charge in [0, 0.05) is 18.2 Å². The van der Waals surface area contributed by atoms with Crippen molar-refractivity contribution in [3.63, 3.8) is 0 Å². The molecule has 0 saturated heterocycles. The number of benzene rings is 2. The van der Waals surface area contributed by atoms with Gasteiger partial charge in [-0.15, -0.1) is 0 Å². The highest BCUT2D eigenvalue weighted by Crippen LogP contribution is 2.23. The summed E-state index contributed by atoms with van der Waals surface area (Å²) < 4.78 is 26.6. The zero-order valence-electron chi connectivity index (χ0n) is 13.0. The molecule has 0 fully saturated rings. The van der Waals surface area contributed by atoms with Crippen LogP contribution in [0.4, 0.5) is 13.6 Å². The molecule has 128 valence electrons. The molecule has 0 aliphatic heterocycles. The fourth-order valence-electron chi connectivity index (χ4n) is 2.13. The van der Waals surface area contributed by atoms with Gasteiger partial charge in [0.05, 0.1) is 6.54 Å². The summed E-state index contributed by atoms with van der Waals surface area (Å²) >= 11 is 0. The van der Waals surface area contributed by atoms with Crippen LogP contribution in [0.5, 0.6) is 5.75 Å². The third kappa shape index (κ3) is 4.66. The van der Waals surface area contributed by atoms with Gasteiger partial charge in [-0.05, 0) is 30.7 Å². The molecule has 2 amide bonds. The SMILES string of the molecule is CC(O)(CNC(=O)NCc1ccc(O)cc1)c1ccc(F)cc1F. The van der Waals surface area contributed by atoms with E-state index in [2.05, 4.69) is 10.6 Å². The van der Waals surface area contributed by atoms with Crippen molar-refractivity contribution in [2.24, 2.45) is 0 Å². The second-order valence-corrected chi connectivity index (χ2v) is 5.60. The maximum absolute atomic E-state index is 13.7. The Bertz CT molecular complexity index is 718. The number of amides is 2. The van der Waals surface area contributed by atoms with Gasteiger partial charge in [-0.3, -0.25) is 0 Å². The second kappa shape index (κ2) is 7.27. The van der Waals surface area contributed by atoms with Crippen LogP contribution < -0.4 is 10.6 Å². The van der Waals surface area contributed by atoms with E-state index in [1.807, 2.05) is 0 Å². The normalized spacial score (nSPS) is 13.2. The van der Waals surface area contributed by atoms with E-state index in [4.69, 9.17) is 0 Å². The molecule has 7 heteroatoms. The Morgan fingerprint density at radius 2 is 1.79 bits per heavy atom.